The smallest absolute Gasteiger partial charge is 0.157 e. The number of nitrogens with zero attached hydrogens (tertiary/aromatic N) is 1. The van der Waals surface area contributed by atoms with E-state index in [1.54, 1.807) is 0 Å². The Morgan fingerprint density at radius 3 is 2.50 bits per heavy atom. The second kappa shape index (κ2) is 5.79. The van der Waals surface area contributed by atoms with Crippen molar-refractivity contribution >= 4 is 16.9 Å². The van der Waals surface area contributed by atoms with Gasteiger partial charge in [0.05, 0.1) is 6.04 Å². The van der Waals surface area contributed by atoms with Crippen LogP contribution in [0.5, 0.6) is 0 Å². The second-order valence-electron chi connectivity index (χ2n) is 4.92. The van der Waals surface area contributed by atoms with E-state index < -0.39 is 0 Å². The highest BCUT2D eigenvalue weighted by molar-refractivity contribution is 8.14. The molecule has 3 heteroatoms. The summed E-state index contributed by atoms with van der Waals surface area (Å²) >= 11 is 1.86. The molecule has 1 aromatic rings. The van der Waals surface area contributed by atoms with Crippen LogP contribution in [0.1, 0.15) is 45.2 Å². The minimum atomic E-state index is 0.228. The summed E-state index contributed by atoms with van der Waals surface area (Å²) in [5, 5.41) is 4.72. The van der Waals surface area contributed by atoms with Gasteiger partial charge in [-0.3, -0.25) is 4.99 Å². The number of hydrogen-bond donors (Lipinski definition) is 1. The zero-order valence-corrected chi connectivity index (χ0v) is 12.3. The van der Waals surface area contributed by atoms with Gasteiger partial charge in [0.2, 0.25) is 0 Å². The van der Waals surface area contributed by atoms with E-state index in [0.717, 1.165) is 23.8 Å². The average molecular weight is 262 g/mol. The van der Waals surface area contributed by atoms with Crippen molar-refractivity contribution in [2.24, 2.45) is 4.99 Å². The largest absolute Gasteiger partial charge is 0.359 e. The van der Waals surface area contributed by atoms with Gasteiger partial charge < -0.3 is 5.32 Å². The van der Waals surface area contributed by atoms with Gasteiger partial charge in [0.1, 0.15) is 0 Å². The molecule has 1 unspecified atom stereocenters. The maximum Gasteiger partial charge on any atom is 0.157 e. The Morgan fingerprint density at radius 1 is 1.28 bits per heavy atom. The van der Waals surface area contributed by atoms with Crippen LogP contribution in [0.4, 0.5) is 0 Å². The van der Waals surface area contributed by atoms with Crippen LogP contribution < -0.4 is 5.32 Å². The fourth-order valence-corrected chi connectivity index (χ4v) is 3.60. The van der Waals surface area contributed by atoms with E-state index >= 15 is 0 Å². The molecule has 98 valence electrons. The van der Waals surface area contributed by atoms with E-state index in [1.807, 2.05) is 17.8 Å². The molecule has 0 aromatic heterocycles. The molecule has 2 nitrogen and oxygen atoms in total. The molecule has 1 saturated heterocycles. The van der Waals surface area contributed by atoms with Crippen LogP contribution in [0.3, 0.4) is 0 Å². The number of nitrogens with one attached hydrogen (secondary N) is 1. The van der Waals surface area contributed by atoms with Crippen LogP contribution in [0, 0.1) is 0 Å². The quantitative estimate of drug-likeness (QED) is 0.887. The SMILES string of the molecule is CCC1(CC)CSC(=NC(C)c2ccccc2)N1. The van der Waals surface area contributed by atoms with E-state index in [1.165, 1.54) is 5.56 Å². The minimum Gasteiger partial charge on any atom is -0.359 e. The van der Waals surface area contributed by atoms with Crippen LogP contribution in [-0.2, 0) is 0 Å². The maximum absolute atomic E-state index is 4.81. The third-order valence-electron chi connectivity index (χ3n) is 3.80. The molecule has 0 amide bonds. The highest BCUT2D eigenvalue weighted by Gasteiger charge is 2.33. The van der Waals surface area contributed by atoms with Gasteiger partial charge in [-0.2, -0.15) is 0 Å². The Morgan fingerprint density at radius 2 is 1.94 bits per heavy atom. The van der Waals surface area contributed by atoms with E-state index in [2.05, 4.69) is 50.4 Å². The molecule has 1 heterocycles. The highest BCUT2D eigenvalue weighted by Crippen LogP contribution is 2.30. The highest BCUT2D eigenvalue weighted by atomic mass is 32.2. The van der Waals surface area contributed by atoms with Gasteiger partial charge in [0.15, 0.2) is 5.17 Å². The molecule has 18 heavy (non-hydrogen) atoms. The summed E-state index contributed by atoms with van der Waals surface area (Å²) in [6, 6.07) is 10.7. The number of aliphatic imine (C=N–C) groups is 1. The Labute approximate surface area is 114 Å². The predicted octanol–water partition coefficient (Wildman–Crippen LogP) is 4.00. The standard InChI is InChI=1S/C15H22N2S/c1-4-15(5-2)11-18-14(17-15)16-12(3)13-9-7-6-8-10-13/h6-10,12H,4-5,11H2,1-3H3,(H,16,17). The molecular formula is C15H22N2S. The van der Waals surface area contributed by atoms with Gasteiger partial charge in [-0.15, -0.1) is 0 Å². The van der Waals surface area contributed by atoms with Crippen molar-refractivity contribution in [3.63, 3.8) is 0 Å². The van der Waals surface area contributed by atoms with Crippen molar-refractivity contribution in [2.45, 2.75) is 45.2 Å². The number of benzene rings is 1. The lowest BCUT2D eigenvalue weighted by Crippen LogP contribution is -2.42. The average Bonchev–Trinajstić information content (AvgIpc) is 2.84. The molecule has 0 saturated carbocycles. The summed E-state index contributed by atoms with van der Waals surface area (Å²) in [6.07, 6.45) is 2.32. The minimum absolute atomic E-state index is 0.228. The van der Waals surface area contributed by atoms with Crippen molar-refractivity contribution < 1.29 is 0 Å². The first-order chi connectivity index (χ1) is 8.69. The van der Waals surface area contributed by atoms with Crippen molar-refractivity contribution in [2.75, 3.05) is 5.75 Å². The number of hydrogen-bond acceptors (Lipinski definition) is 2. The van der Waals surface area contributed by atoms with Crippen molar-refractivity contribution in [1.82, 2.24) is 5.32 Å². The van der Waals surface area contributed by atoms with Crippen LogP contribution in [0.25, 0.3) is 0 Å². The first-order valence-electron chi connectivity index (χ1n) is 6.73. The Balaban J connectivity index is 2.07. The number of rotatable bonds is 4. The third-order valence-corrected chi connectivity index (χ3v) is 4.98. The van der Waals surface area contributed by atoms with Crippen molar-refractivity contribution in [3.8, 4) is 0 Å². The normalized spacial score (nSPS) is 21.8. The molecule has 0 spiro atoms. The molecule has 1 aromatic carbocycles. The van der Waals surface area contributed by atoms with Crippen LogP contribution in [0.15, 0.2) is 35.3 Å². The summed E-state index contributed by atoms with van der Waals surface area (Å²) in [7, 11) is 0. The van der Waals surface area contributed by atoms with Gasteiger partial charge in [0, 0.05) is 11.3 Å². The van der Waals surface area contributed by atoms with E-state index in [0.29, 0.717) is 0 Å². The summed E-state index contributed by atoms with van der Waals surface area (Å²) in [6.45, 7) is 6.66. The van der Waals surface area contributed by atoms with Gasteiger partial charge in [-0.05, 0) is 25.3 Å². The summed E-state index contributed by atoms with van der Waals surface area (Å²) in [4.78, 5) is 4.81. The lowest BCUT2D eigenvalue weighted by Gasteiger charge is -2.25. The molecule has 1 fully saturated rings. The lowest BCUT2D eigenvalue weighted by atomic mass is 9.96. The molecule has 0 bridgehead atoms. The molecule has 2 rings (SSSR count). The van der Waals surface area contributed by atoms with Crippen LogP contribution >= 0.6 is 11.8 Å². The predicted molar refractivity (Wildman–Crippen MR) is 81.2 cm³/mol. The summed E-state index contributed by atoms with van der Waals surface area (Å²) in [5.74, 6) is 1.14. The monoisotopic (exact) mass is 262 g/mol. The van der Waals surface area contributed by atoms with Gasteiger partial charge in [-0.1, -0.05) is 55.9 Å². The lowest BCUT2D eigenvalue weighted by molar-refractivity contribution is 0.407. The number of amidine groups is 1. The van der Waals surface area contributed by atoms with E-state index in [9.17, 15) is 0 Å². The molecule has 0 aliphatic carbocycles. The molecular weight excluding hydrogens is 240 g/mol. The summed E-state index contributed by atoms with van der Waals surface area (Å²) in [5.41, 5.74) is 1.54. The first-order valence-corrected chi connectivity index (χ1v) is 7.71. The molecule has 1 aliphatic heterocycles. The Hall–Kier alpha value is -0.960. The number of thioether (sulfide) groups is 1. The van der Waals surface area contributed by atoms with E-state index in [-0.39, 0.29) is 11.6 Å². The zero-order valence-electron chi connectivity index (χ0n) is 11.4. The van der Waals surface area contributed by atoms with Gasteiger partial charge in [-0.25, -0.2) is 0 Å². The van der Waals surface area contributed by atoms with Crippen LogP contribution in [0.2, 0.25) is 0 Å². The zero-order chi connectivity index (χ0) is 13.0. The van der Waals surface area contributed by atoms with Crippen LogP contribution in [-0.4, -0.2) is 16.5 Å². The fourth-order valence-electron chi connectivity index (χ4n) is 2.19. The summed E-state index contributed by atoms with van der Waals surface area (Å²) < 4.78 is 0. The molecule has 1 aliphatic rings. The van der Waals surface area contributed by atoms with Gasteiger partial charge >= 0.3 is 0 Å². The van der Waals surface area contributed by atoms with E-state index in [4.69, 9.17) is 4.99 Å². The molecule has 1 N–H and O–H groups in total. The Bertz CT molecular complexity index is 410. The topological polar surface area (TPSA) is 24.4 Å². The Kier molecular flexibility index (Phi) is 4.33. The fraction of sp³-hybridized carbons (Fsp3) is 0.533. The maximum atomic E-state index is 4.81. The van der Waals surface area contributed by atoms with Crippen molar-refractivity contribution in [1.29, 1.82) is 0 Å². The van der Waals surface area contributed by atoms with Crippen molar-refractivity contribution in [3.05, 3.63) is 35.9 Å². The molecule has 1 atom stereocenters. The first kappa shape index (κ1) is 13.5. The second-order valence-corrected chi connectivity index (χ2v) is 5.89. The van der Waals surface area contributed by atoms with Gasteiger partial charge in [0.25, 0.3) is 0 Å². The molecule has 0 radical (unpaired) electrons. The third kappa shape index (κ3) is 2.89.